The summed E-state index contributed by atoms with van der Waals surface area (Å²) in [4.78, 5) is 2.51. The molecule has 0 radical (unpaired) electrons. The Bertz CT molecular complexity index is 658. The second kappa shape index (κ2) is 9.28. The van der Waals surface area contributed by atoms with Gasteiger partial charge < -0.3 is 10.7 Å². The maximum absolute atomic E-state index is 13.4. The molecule has 3 fully saturated rings. The van der Waals surface area contributed by atoms with Gasteiger partial charge in [-0.05, 0) is 70.4 Å². The molecule has 0 aromatic rings. The van der Waals surface area contributed by atoms with Crippen LogP contribution in [0.4, 0.5) is 4.39 Å². The highest BCUT2D eigenvalue weighted by Crippen LogP contribution is 2.35. The Morgan fingerprint density at radius 1 is 1.14 bits per heavy atom. The van der Waals surface area contributed by atoms with E-state index >= 15 is 0 Å². The van der Waals surface area contributed by atoms with Crippen molar-refractivity contribution in [3.8, 4) is 0 Å². The topological polar surface area (TPSA) is 85.3 Å². The molecule has 0 aromatic carbocycles. The lowest BCUT2D eigenvalue weighted by atomic mass is 9.74. The van der Waals surface area contributed by atoms with Crippen molar-refractivity contribution in [1.29, 1.82) is 5.41 Å². The molecule has 3 rings (SSSR count). The minimum atomic E-state index is -3.20. The Morgan fingerprint density at radius 3 is 2.31 bits per heavy atom. The van der Waals surface area contributed by atoms with Gasteiger partial charge in [0.15, 0.2) is 0 Å². The van der Waals surface area contributed by atoms with E-state index in [0.29, 0.717) is 36.9 Å². The van der Waals surface area contributed by atoms with Crippen molar-refractivity contribution < 1.29 is 12.8 Å². The average Bonchev–Trinajstić information content (AvgIpc) is 2.63. The molecule has 4 unspecified atom stereocenters. The van der Waals surface area contributed by atoms with Gasteiger partial charge in [-0.1, -0.05) is 6.92 Å². The highest BCUT2D eigenvalue weighted by Gasteiger charge is 2.41. The van der Waals surface area contributed by atoms with Gasteiger partial charge in [0, 0.05) is 42.7 Å². The second-order valence-corrected chi connectivity index (χ2v) is 11.8. The van der Waals surface area contributed by atoms with E-state index in [1.165, 1.54) is 6.26 Å². The molecule has 0 spiro atoms. The van der Waals surface area contributed by atoms with Crippen LogP contribution in [0.1, 0.15) is 65.2 Å². The fourth-order valence-electron chi connectivity index (χ4n) is 5.71. The van der Waals surface area contributed by atoms with Gasteiger partial charge in [-0.15, -0.1) is 0 Å². The maximum Gasteiger partial charge on any atom is 0.209 e. The van der Waals surface area contributed by atoms with Crippen molar-refractivity contribution in [2.75, 3.05) is 19.3 Å². The molecule has 0 amide bonds. The Hall–Kier alpha value is -0.570. The van der Waals surface area contributed by atoms with Crippen molar-refractivity contribution in [1.82, 2.24) is 14.9 Å². The van der Waals surface area contributed by atoms with Crippen LogP contribution in [-0.2, 0) is 10.0 Å². The summed E-state index contributed by atoms with van der Waals surface area (Å²) in [6.07, 6.45) is 8.95. The first-order valence-electron chi connectivity index (χ1n) is 11.2. The van der Waals surface area contributed by atoms with Crippen molar-refractivity contribution in [3.05, 3.63) is 0 Å². The molecule has 1 heterocycles. The number of rotatable bonds is 6. The summed E-state index contributed by atoms with van der Waals surface area (Å²) < 4.78 is 39.6. The zero-order chi connectivity index (χ0) is 21.2. The first-order chi connectivity index (χ1) is 13.6. The summed E-state index contributed by atoms with van der Waals surface area (Å²) in [5, 5.41) is 11.7. The average molecular weight is 431 g/mol. The van der Waals surface area contributed by atoms with Crippen molar-refractivity contribution in [3.63, 3.8) is 0 Å². The molecule has 29 heavy (non-hydrogen) atoms. The lowest BCUT2D eigenvalue weighted by Crippen LogP contribution is -2.58. The zero-order valence-electron chi connectivity index (χ0n) is 18.2. The molecule has 2 aliphatic carbocycles. The van der Waals surface area contributed by atoms with Crippen LogP contribution in [0.5, 0.6) is 0 Å². The molecule has 0 bridgehead atoms. The van der Waals surface area contributed by atoms with E-state index in [-0.39, 0.29) is 11.5 Å². The summed E-state index contributed by atoms with van der Waals surface area (Å²) in [7, 11) is -3.20. The lowest BCUT2D eigenvalue weighted by molar-refractivity contribution is 0.0455. The molecule has 4 atom stereocenters. The van der Waals surface area contributed by atoms with E-state index in [0.717, 1.165) is 51.6 Å². The Morgan fingerprint density at radius 2 is 1.76 bits per heavy atom. The molecular formula is C21H39FN4O2S. The van der Waals surface area contributed by atoms with Gasteiger partial charge in [0.2, 0.25) is 10.0 Å². The van der Waals surface area contributed by atoms with E-state index < -0.39 is 16.2 Å². The van der Waals surface area contributed by atoms with Gasteiger partial charge >= 0.3 is 0 Å². The second-order valence-electron chi connectivity index (χ2n) is 10.0. The Kier molecular flexibility index (Phi) is 7.40. The van der Waals surface area contributed by atoms with Gasteiger partial charge in [-0.25, -0.2) is 17.5 Å². The number of likely N-dealkylation sites (tertiary alicyclic amines) is 1. The van der Waals surface area contributed by atoms with Gasteiger partial charge in [-0.3, -0.25) is 4.90 Å². The first kappa shape index (κ1) is 23.1. The smallest absolute Gasteiger partial charge is 0.209 e. The predicted octanol–water partition coefficient (Wildman–Crippen LogP) is 2.69. The van der Waals surface area contributed by atoms with Crippen LogP contribution in [0.25, 0.3) is 0 Å². The minimum Gasteiger partial charge on any atom is -0.313 e. The van der Waals surface area contributed by atoms with Crippen LogP contribution in [0.3, 0.4) is 0 Å². The molecule has 0 aromatic heterocycles. The summed E-state index contributed by atoms with van der Waals surface area (Å²) >= 11 is 0. The largest absolute Gasteiger partial charge is 0.313 e. The molecule has 2 saturated carbocycles. The fraction of sp³-hybridized carbons (Fsp3) is 0.952. The third-order valence-corrected chi connectivity index (χ3v) is 8.30. The molecule has 168 valence electrons. The number of nitrogens with zero attached hydrogens (tertiary/aromatic N) is 1. The quantitative estimate of drug-likeness (QED) is 0.566. The summed E-state index contributed by atoms with van der Waals surface area (Å²) in [6.45, 7) is 6.08. The third kappa shape index (κ3) is 6.21. The maximum atomic E-state index is 13.4. The summed E-state index contributed by atoms with van der Waals surface area (Å²) in [5.41, 5.74) is -0.359. The lowest BCUT2D eigenvalue weighted by Gasteiger charge is -2.49. The Labute approximate surface area is 175 Å². The van der Waals surface area contributed by atoms with E-state index in [4.69, 9.17) is 5.41 Å². The number of alkyl halides is 1. The summed E-state index contributed by atoms with van der Waals surface area (Å²) in [5.74, 6) is 0.732. The summed E-state index contributed by atoms with van der Waals surface area (Å²) in [6, 6.07) is 1.13. The highest BCUT2D eigenvalue weighted by molar-refractivity contribution is 7.88. The number of halogens is 1. The van der Waals surface area contributed by atoms with E-state index in [1.54, 1.807) is 6.21 Å². The molecule has 8 heteroatoms. The molecule has 1 saturated heterocycles. The predicted molar refractivity (Wildman–Crippen MR) is 116 cm³/mol. The van der Waals surface area contributed by atoms with E-state index in [2.05, 4.69) is 21.9 Å². The molecular weight excluding hydrogens is 391 g/mol. The van der Waals surface area contributed by atoms with Gasteiger partial charge in [0.1, 0.15) is 6.17 Å². The number of hydrogen-bond acceptors (Lipinski definition) is 5. The van der Waals surface area contributed by atoms with E-state index in [9.17, 15) is 12.8 Å². The SMILES string of the molecule is CC1CC(NC2CCC(F)CC2)C(C=N)CC1N1CCC(C)(NS(C)(=O)=O)CC1. The molecule has 3 aliphatic rings. The van der Waals surface area contributed by atoms with Crippen LogP contribution in [0.15, 0.2) is 0 Å². The van der Waals surface area contributed by atoms with Crippen LogP contribution in [0.2, 0.25) is 0 Å². The number of nitrogens with one attached hydrogen (secondary N) is 3. The number of hydrogen-bond donors (Lipinski definition) is 3. The van der Waals surface area contributed by atoms with Crippen LogP contribution in [0, 0.1) is 17.2 Å². The molecule has 1 aliphatic heterocycles. The highest BCUT2D eigenvalue weighted by atomic mass is 32.2. The van der Waals surface area contributed by atoms with Crippen LogP contribution >= 0.6 is 0 Å². The van der Waals surface area contributed by atoms with Crippen molar-refractivity contribution in [2.45, 2.75) is 95.1 Å². The molecule has 6 nitrogen and oxygen atoms in total. The number of sulfonamides is 1. The Balaban J connectivity index is 1.55. The number of piperidine rings is 1. The van der Waals surface area contributed by atoms with Crippen molar-refractivity contribution in [2.24, 2.45) is 11.8 Å². The fourth-order valence-corrected chi connectivity index (χ4v) is 6.81. The van der Waals surface area contributed by atoms with E-state index in [1.807, 2.05) is 6.92 Å². The van der Waals surface area contributed by atoms with Crippen molar-refractivity contribution >= 4 is 16.2 Å². The zero-order valence-corrected chi connectivity index (χ0v) is 19.0. The van der Waals surface area contributed by atoms with Gasteiger partial charge in [-0.2, -0.15) is 0 Å². The van der Waals surface area contributed by atoms with Crippen LogP contribution in [-0.4, -0.2) is 68.7 Å². The third-order valence-electron chi connectivity index (χ3n) is 7.44. The van der Waals surface area contributed by atoms with Gasteiger partial charge in [0.25, 0.3) is 0 Å². The normalized spacial score (nSPS) is 39.2. The standard InChI is InChI=1S/C21H39FN4O2S/c1-15-12-19(24-18-6-4-17(22)5-7-18)16(14-23)13-20(15)26-10-8-21(2,9-11-26)25-29(3,27)28/h14-20,23-25H,4-13H2,1-3H3. The first-order valence-corrected chi connectivity index (χ1v) is 13.1. The minimum absolute atomic E-state index is 0.210. The molecule has 3 N–H and O–H groups in total. The monoisotopic (exact) mass is 430 g/mol. The van der Waals surface area contributed by atoms with Crippen LogP contribution < -0.4 is 10.0 Å². The van der Waals surface area contributed by atoms with Gasteiger partial charge in [0.05, 0.1) is 6.26 Å².